The van der Waals surface area contributed by atoms with Crippen LogP contribution in [0.4, 0.5) is 0 Å². The molecule has 1 heterocycles. The van der Waals surface area contributed by atoms with Crippen LogP contribution in [0.15, 0.2) is 11.5 Å². The highest BCUT2D eigenvalue weighted by Crippen LogP contribution is 2.47. The first-order valence-corrected chi connectivity index (χ1v) is 6.08. The van der Waals surface area contributed by atoms with Gasteiger partial charge in [0, 0.05) is 20.6 Å². The highest BCUT2D eigenvalue weighted by Gasteiger charge is 2.34. The second kappa shape index (κ2) is 5.50. The third-order valence-electron chi connectivity index (χ3n) is 2.07. The number of carbonyl (C=O) groups is 1. The van der Waals surface area contributed by atoms with Crippen LogP contribution in [0.2, 0.25) is 0 Å². The lowest BCUT2D eigenvalue weighted by atomic mass is 10.2. The van der Waals surface area contributed by atoms with E-state index in [9.17, 15) is 14.5 Å². The smallest absolute Gasteiger partial charge is 0.474 e. The van der Waals surface area contributed by atoms with E-state index in [1.807, 2.05) is 0 Å². The molecule has 0 fully saturated rings. The summed E-state index contributed by atoms with van der Waals surface area (Å²) < 4.78 is 29.9. The topological polar surface area (TPSA) is 112 Å². The van der Waals surface area contributed by atoms with Crippen LogP contribution in [0.25, 0.3) is 0 Å². The van der Waals surface area contributed by atoms with Gasteiger partial charge < -0.3 is 14.9 Å². The van der Waals surface area contributed by atoms with Crippen LogP contribution in [0.3, 0.4) is 0 Å². The number of hydrogen-bond donors (Lipinski definition) is 2. The van der Waals surface area contributed by atoms with Crippen LogP contribution < -0.4 is 0 Å². The van der Waals surface area contributed by atoms with E-state index in [0.29, 0.717) is 0 Å². The molecule has 8 nitrogen and oxygen atoms in total. The van der Waals surface area contributed by atoms with Crippen molar-refractivity contribution in [2.45, 2.75) is 12.5 Å². The third-order valence-corrected chi connectivity index (χ3v) is 3.46. The summed E-state index contributed by atoms with van der Waals surface area (Å²) in [5.74, 6) is -2.39. The van der Waals surface area contributed by atoms with Gasteiger partial charge in [0.1, 0.15) is 0 Å². The van der Waals surface area contributed by atoms with Gasteiger partial charge in [-0.3, -0.25) is 13.6 Å². The van der Waals surface area contributed by atoms with Crippen LogP contribution in [0.5, 0.6) is 0 Å². The summed E-state index contributed by atoms with van der Waals surface area (Å²) in [5, 5.41) is 18.3. The molecular weight excluding hydrogens is 255 g/mol. The van der Waals surface area contributed by atoms with E-state index in [1.54, 1.807) is 0 Å². The molecule has 0 amide bonds. The van der Waals surface area contributed by atoms with E-state index in [0.717, 1.165) is 14.2 Å². The minimum absolute atomic E-state index is 0.0122. The number of phosphoric ester groups is 1. The minimum atomic E-state index is -3.59. The van der Waals surface area contributed by atoms with Gasteiger partial charge >= 0.3 is 13.8 Å². The normalized spacial score (nSPS) is 20.8. The molecule has 0 saturated carbocycles. The van der Waals surface area contributed by atoms with E-state index in [2.05, 4.69) is 13.8 Å². The van der Waals surface area contributed by atoms with Crippen molar-refractivity contribution in [3.8, 4) is 0 Å². The standard InChI is InChI=1S/C8H13O8P/c1-13-17(12,14-2)15-4-3-5-6(9)7(10)8(11)16-5/h5,9-10H,3-4H2,1-2H3. The average molecular weight is 268 g/mol. The van der Waals surface area contributed by atoms with Crippen molar-refractivity contribution >= 4 is 13.8 Å². The van der Waals surface area contributed by atoms with Gasteiger partial charge in [0.2, 0.25) is 5.76 Å². The number of esters is 1. The van der Waals surface area contributed by atoms with Gasteiger partial charge in [-0.15, -0.1) is 0 Å². The SMILES string of the molecule is COP(=O)(OC)OCCC1OC(=O)C(O)=C1O. The highest BCUT2D eigenvalue weighted by atomic mass is 31.2. The van der Waals surface area contributed by atoms with Crippen molar-refractivity contribution in [1.29, 1.82) is 0 Å². The van der Waals surface area contributed by atoms with Crippen molar-refractivity contribution in [2.24, 2.45) is 0 Å². The number of cyclic esters (lactones) is 1. The van der Waals surface area contributed by atoms with Gasteiger partial charge in [0.05, 0.1) is 6.61 Å². The summed E-state index contributed by atoms with van der Waals surface area (Å²) in [6.45, 7) is -0.145. The van der Waals surface area contributed by atoms with Crippen molar-refractivity contribution < 1.29 is 37.9 Å². The van der Waals surface area contributed by atoms with E-state index in [4.69, 9.17) is 9.63 Å². The van der Waals surface area contributed by atoms with Gasteiger partial charge in [0.15, 0.2) is 11.9 Å². The maximum atomic E-state index is 11.4. The number of phosphoric acid groups is 1. The molecule has 98 valence electrons. The lowest BCUT2D eigenvalue weighted by Crippen LogP contribution is -2.14. The molecule has 1 unspecified atom stereocenters. The molecule has 17 heavy (non-hydrogen) atoms. The van der Waals surface area contributed by atoms with Crippen molar-refractivity contribution in [1.82, 2.24) is 0 Å². The molecule has 1 aliphatic rings. The Morgan fingerprint density at radius 1 is 1.35 bits per heavy atom. The zero-order valence-corrected chi connectivity index (χ0v) is 10.2. The van der Waals surface area contributed by atoms with E-state index in [-0.39, 0.29) is 13.0 Å². The molecule has 0 aliphatic carbocycles. The maximum absolute atomic E-state index is 11.4. The molecule has 1 rings (SSSR count). The van der Waals surface area contributed by atoms with Gasteiger partial charge in [0.25, 0.3) is 0 Å². The van der Waals surface area contributed by atoms with Crippen LogP contribution >= 0.6 is 7.82 Å². The summed E-state index contributed by atoms with van der Waals surface area (Å²) >= 11 is 0. The molecule has 2 N–H and O–H groups in total. The fraction of sp³-hybridized carbons (Fsp3) is 0.625. The zero-order chi connectivity index (χ0) is 13.1. The largest absolute Gasteiger partial charge is 0.505 e. The van der Waals surface area contributed by atoms with Gasteiger partial charge in [-0.05, 0) is 0 Å². The summed E-state index contributed by atoms with van der Waals surface area (Å²) in [5.41, 5.74) is 0. The second-order valence-corrected chi connectivity index (χ2v) is 4.94. The summed E-state index contributed by atoms with van der Waals surface area (Å²) in [7, 11) is -1.28. The van der Waals surface area contributed by atoms with Gasteiger partial charge in [-0.2, -0.15) is 0 Å². The molecule has 1 aliphatic heterocycles. The van der Waals surface area contributed by atoms with Crippen molar-refractivity contribution in [2.75, 3.05) is 20.8 Å². The van der Waals surface area contributed by atoms with Crippen molar-refractivity contribution in [3.05, 3.63) is 11.5 Å². The Hall–Kier alpha value is -1.08. The quantitative estimate of drug-likeness (QED) is 0.543. The van der Waals surface area contributed by atoms with E-state index in [1.165, 1.54) is 0 Å². The zero-order valence-electron chi connectivity index (χ0n) is 9.28. The number of aliphatic hydroxyl groups excluding tert-OH is 2. The highest BCUT2D eigenvalue weighted by molar-refractivity contribution is 7.48. The molecule has 1 atom stereocenters. The summed E-state index contributed by atoms with van der Waals surface area (Å²) in [6, 6.07) is 0. The summed E-state index contributed by atoms with van der Waals surface area (Å²) in [6.07, 6.45) is -0.997. The molecule has 0 bridgehead atoms. The minimum Gasteiger partial charge on any atom is -0.505 e. The Bertz CT molecular complexity index is 368. The van der Waals surface area contributed by atoms with Crippen LogP contribution in [-0.2, 0) is 27.7 Å². The van der Waals surface area contributed by atoms with Gasteiger partial charge in [-0.25, -0.2) is 9.36 Å². The predicted octanol–water partition coefficient (Wildman–Crippen LogP) is 1.05. The van der Waals surface area contributed by atoms with Gasteiger partial charge in [-0.1, -0.05) is 0 Å². The Kier molecular flexibility index (Phi) is 4.53. The number of ether oxygens (including phenoxy) is 1. The molecule has 0 spiro atoms. The number of hydrogen-bond acceptors (Lipinski definition) is 8. The van der Waals surface area contributed by atoms with Crippen LogP contribution in [-0.4, -0.2) is 43.1 Å². The fourth-order valence-electron chi connectivity index (χ4n) is 1.15. The Morgan fingerprint density at radius 3 is 2.35 bits per heavy atom. The Balaban J connectivity index is 2.44. The van der Waals surface area contributed by atoms with E-state index < -0.39 is 31.4 Å². The molecule has 0 saturated heterocycles. The molecular formula is C8H13O8P. The number of carbonyl (C=O) groups excluding carboxylic acids is 1. The molecule has 0 aromatic carbocycles. The van der Waals surface area contributed by atoms with Crippen LogP contribution in [0, 0.1) is 0 Å². The number of aliphatic hydroxyl groups is 2. The molecule has 0 aromatic rings. The molecule has 0 aromatic heterocycles. The first-order chi connectivity index (χ1) is 7.93. The second-order valence-electron chi connectivity index (χ2n) is 3.06. The lowest BCUT2D eigenvalue weighted by molar-refractivity contribution is -0.142. The lowest BCUT2D eigenvalue weighted by Gasteiger charge is -2.14. The summed E-state index contributed by atoms with van der Waals surface area (Å²) in [4.78, 5) is 10.8. The first-order valence-electron chi connectivity index (χ1n) is 4.62. The first kappa shape index (κ1) is 14.0. The maximum Gasteiger partial charge on any atom is 0.474 e. The molecule has 0 radical (unpaired) electrons. The Labute approximate surface area is 97.4 Å². The van der Waals surface area contributed by atoms with E-state index >= 15 is 0 Å². The monoisotopic (exact) mass is 268 g/mol. The third kappa shape index (κ3) is 3.19. The molecule has 9 heteroatoms. The van der Waals surface area contributed by atoms with Crippen molar-refractivity contribution in [3.63, 3.8) is 0 Å². The average Bonchev–Trinajstić information content (AvgIpc) is 2.57. The fourth-order valence-corrected chi connectivity index (χ4v) is 1.83. The Morgan fingerprint density at radius 2 is 1.94 bits per heavy atom. The van der Waals surface area contributed by atoms with Crippen LogP contribution in [0.1, 0.15) is 6.42 Å². The predicted molar refractivity (Wildman–Crippen MR) is 54.4 cm³/mol. The number of rotatable bonds is 6.